The molecule has 0 radical (unpaired) electrons. The van der Waals surface area contributed by atoms with E-state index in [1.807, 2.05) is 30.3 Å². The lowest BCUT2D eigenvalue weighted by molar-refractivity contribution is 0.626. The second-order valence-corrected chi connectivity index (χ2v) is 4.99. The first-order chi connectivity index (χ1) is 10.3. The highest BCUT2D eigenvalue weighted by molar-refractivity contribution is 5.85. The number of fused-ring (bicyclic) bond motifs is 1. The van der Waals surface area contributed by atoms with Gasteiger partial charge < -0.3 is 5.32 Å². The molecular formula is C18H17FN2. The Labute approximate surface area is 123 Å². The summed E-state index contributed by atoms with van der Waals surface area (Å²) in [6.45, 7) is 3.68. The van der Waals surface area contributed by atoms with Crippen LogP contribution in [0.2, 0.25) is 0 Å². The molecule has 0 amide bonds. The molecule has 0 saturated carbocycles. The van der Waals surface area contributed by atoms with Crippen LogP contribution in [0.3, 0.4) is 0 Å². The summed E-state index contributed by atoms with van der Waals surface area (Å²) in [6.07, 6.45) is 1.78. The van der Waals surface area contributed by atoms with E-state index in [-0.39, 0.29) is 5.82 Å². The zero-order chi connectivity index (χ0) is 14.7. The minimum atomic E-state index is -0.212. The molecule has 0 spiro atoms. The van der Waals surface area contributed by atoms with Crippen molar-refractivity contribution < 1.29 is 4.39 Å². The van der Waals surface area contributed by atoms with Crippen molar-refractivity contribution in [1.29, 1.82) is 0 Å². The normalized spacial score (nSPS) is 11.0. The fourth-order valence-corrected chi connectivity index (χ4v) is 2.47. The van der Waals surface area contributed by atoms with Gasteiger partial charge in [0.15, 0.2) is 0 Å². The third-order valence-electron chi connectivity index (χ3n) is 3.55. The Morgan fingerprint density at radius 1 is 1.10 bits per heavy atom. The molecule has 0 atom stereocenters. The Hall–Kier alpha value is -2.26. The highest BCUT2D eigenvalue weighted by atomic mass is 19.1. The lowest BCUT2D eigenvalue weighted by Crippen LogP contribution is -2.12. The number of nitrogens with zero attached hydrogens (tertiary/aromatic N) is 1. The third kappa shape index (κ3) is 2.93. The van der Waals surface area contributed by atoms with Gasteiger partial charge >= 0.3 is 0 Å². The van der Waals surface area contributed by atoms with Gasteiger partial charge in [-0.2, -0.15) is 0 Å². The second kappa shape index (κ2) is 6.02. The number of hydrogen-bond donors (Lipinski definition) is 1. The molecule has 3 heteroatoms. The summed E-state index contributed by atoms with van der Waals surface area (Å²) in [5, 5.41) is 4.36. The molecule has 0 aliphatic heterocycles. The average Bonchev–Trinajstić information content (AvgIpc) is 2.53. The van der Waals surface area contributed by atoms with Gasteiger partial charge in [-0.15, -0.1) is 0 Å². The van der Waals surface area contributed by atoms with E-state index >= 15 is 0 Å². The first-order valence-corrected chi connectivity index (χ1v) is 7.12. The molecule has 2 aromatic carbocycles. The van der Waals surface area contributed by atoms with E-state index in [1.165, 1.54) is 6.07 Å². The zero-order valence-corrected chi connectivity index (χ0v) is 11.9. The minimum Gasteiger partial charge on any atom is -0.313 e. The standard InChI is InChI=1S/C18H17FN2/c1-2-20-12-15-5-7-16(19)11-17(15)13-6-8-18-14(10-13)4-3-9-21-18/h3-11,20H,2,12H2,1H3. The lowest BCUT2D eigenvalue weighted by atomic mass is 9.98. The second-order valence-electron chi connectivity index (χ2n) is 4.99. The molecule has 1 N–H and O–H groups in total. The third-order valence-corrected chi connectivity index (χ3v) is 3.55. The van der Waals surface area contributed by atoms with E-state index in [9.17, 15) is 4.39 Å². The highest BCUT2D eigenvalue weighted by Crippen LogP contribution is 2.27. The van der Waals surface area contributed by atoms with Gasteiger partial charge in [0, 0.05) is 18.1 Å². The van der Waals surface area contributed by atoms with Crippen LogP contribution in [0, 0.1) is 5.82 Å². The molecule has 106 valence electrons. The maximum atomic E-state index is 13.6. The topological polar surface area (TPSA) is 24.9 Å². The molecule has 0 aliphatic carbocycles. The summed E-state index contributed by atoms with van der Waals surface area (Å²) >= 11 is 0. The van der Waals surface area contributed by atoms with Crippen molar-refractivity contribution in [2.45, 2.75) is 13.5 Å². The van der Waals surface area contributed by atoms with Crippen LogP contribution >= 0.6 is 0 Å². The smallest absolute Gasteiger partial charge is 0.123 e. The quantitative estimate of drug-likeness (QED) is 0.776. The number of pyridine rings is 1. The first kappa shape index (κ1) is 13.7. The Morgan fingerprint density at radius 3 is 2.86 bits per heavy atom. The van der Waals surface area contributed by atoms with Crippen LogP contribution in [0.25, 0.3) is 22.0 Å². The minimum absolute atomic E-state index is 0.212. The van der Waals surface area contributed by atoms with Crippen molar-refractivity contribution in [3.8, 4) is 11.1 Å². The Morgan fingerprint density at radius 2 is 2.00 bits per heavy atom. The summed E-state index contributed by atoms with van der Waals surface area (Å²) in [4.78, 5) is 4.32. The molecule has 0 aliphatic rings. The molecule has 1 heterocycles. The number of benzene rings is 2. The lowest BCUT2D eigenvalue weighted by Gasteiger charge is -2.11. The zero-order valence-electron chi connectivity index (χ0n) is 11.9. The maximum absolute atomic E-state index is 13.6. The number of rotatable bonds is 4. The van der Waals surface area contributed by atoms with Gasteiger partial charge in [0.2, 0.25) is 0 Å². The molecule has 3 rings (SSSR count). The molecule has 0 fully saturated rings. The predicted molar refractivity (Wildman–Crippen MR) is 84.5 cm³/mol. The van der Waals surface area contributed by atoms with E-state index in [1.54, 1.807) is 12.3 Å². The first-order valence-electron chi connectivity index (χ1n) is 7.12. The van der Waals surface area contributed by atoms with E-state index in [0.717, 1.165) is 40.7 Å². The highest BCUT2D eigenvalue weighted by Gasteiger charge is 2.07. The van der Waals surface area contributed by atoms with Crippen LogP contribution in [-0.2, 0) is 6.54 Å². The van der Waals surface area contributed by atoms with Gasteiger partial charge in [0.05, 0.1) is 5.52 Å². The van der Waals surface area contributed by atoms with E-state index in [4.69, 9.17) is 0 Å². The Balaban J connectivity index is 2.09. The molecule has 2 nitrogen and oxygen atoms in total. The molecule has 0 bridgehead atoms. The van der Waals surface area contributed by atoms with Crippen LogP contribution in [-0.4, -0.2) is 11.5 Å². The molecular weight excluding hydrogens is 263 g/mol. The molecule has 21 heavy (non-hydrogen) atoms. The fourth-order valence-electron chi connectivity index (χ4n) is 2.47. The van der Waals surface area contributed by atoms with Crippen molar-refractivity contribution in [2.24, 2.45) is 0 Å². The summed E-state index contributed by atoms with van der Waals surface area (Å²) in [5.74, 6) is -0.212. The largest absolute Gasteiger partial charge is 0.313 e. The summed E-state index contributed by atoms with van der Waals surface area (Å²) in [5.41, 5.74) is 4.00. The Kier molecular flexibility index (Phi) is 3.93. The summed E-state index contributed by atoms with van der Waals surface area (Å²) in [7, 11) is 0. The number of halogens is 1. The van der Waals surface area contributed by atoms with Crippen LogP contribution < -0.4 is 5.32 Å². The van der Waals surface area contributed by atoms with Crippen molar-refractivity contribution in [1.82, 2.24) is 10.3 Å². The van der Waals surface area contributed by atoms with Gasteiger partial charge in [0.1, 0.15) is 5.82 Å². The molecule has 3 aromatic rings. The van der Waals surface area contributed by atoms with Crippen molar-refractivity contribution in [2.75, 3.05) is 6.54 Å². The van der Waals surface area contributed by atoms with Gasteiger partial charge in [-0.05, 0) is 53.6 Å². The van der Waals surface area contributed by atoms with E-state index < -0.39 is 0 Å². The van der Waals surface area contributed by atoms with Crippen LogP contribution in [0.4, 0.5) is 4.39 Å². The number of hydrogen-bond acceptors (Lipinski definition) is 2. The van der Waals surface area contributed by atoms with E-state index in [0.29, 0.717) is 0 Å². The van der Waals surface area contributed by atoms with Gasteiger partial charge in [-0.25, -0.2) is 4.39 Å². The molecule has 1 aromatic heterocycles. The number of aromatic nitrogens is 1. The SMILES string of the molecule is CCNCc1ccc(F)cc1-c1ccc2ncccc2c1. The molecule has 0 saturated heterocycles. The van der Waals surface area contributed by atoms with Crippen LogP contribution in [0.1, 0.15) is 12.5 Å². The van der Waals surface area contributed by atoms with Crippen LogP contribution in [0.5, 0.6) is 0 Å². The number of nitrogens with one attached hydrogen (secondary N) is 1. The van der Waals surface area contributed by atoms with Crippen molar-refractivity contribution in [3.63, 3.8) is 0 Å². The molecule has 0 unspecified atom stereocenters. The van der Waals surface area contributed by atoms with E-state index in [2.05, 4.69) is 23.3 Å². The van der Waals surface area contributed by atoms with Crippen LogP contribution in [0.15, 0.2) is 54.7 Å². The average molecular weight is 280 g/mol. The van der Waals surface area contributed by atoms with Crippen molar-refractivity contribution in [3.05, 3.63) is 66.1 Å². The van der Waals surface area contributed by atoms with Gasteiger partial charge in [-0.3, -0.25) is 4.98 Å². The van der Waals surface area contributed by atoms with Gasteiger partial charge in [0.25, 0.3) is 0 Å². The Bertz CT molecular complexity index is 768. The fraction of sp³-hybridized carbons (Fsp3) is 0.167. The summed E-state index contributed by atoms with van der Waals surface area (Å²) in [6, 6.07) is 14.9. The van der Waals surface area contributed by atoms with Crippen molar-refractivity contribution >= 4 is 10.9 Å². The maximum Gasteiger partial charge on any atom is 0.123 e. The predicted octanol–water partition coefficient (Wildman–Crippen LogP) is 4.15. The summed E-state index contributed by atoms with van der Waals surface area (Å²) < 4.78 is 13.6. The monoisotopic (exact) mass is 280 g/mol. The van der Waals surface area contributed by atoms with Gasteiger partial charge in [-0.1, -0.05) is 25.1 Å².